The summed E-state index contributed by atoms with van der Waals surface area (Å²) in [6, 6.07) is 7.57. The molecular weight excluding hydrogens is 322 g/mol. The van der Waals surface area contributed by atoms with Gasteiger partial charge >= 0.3 is 0 Å². The number of furan rings is 1. The van der Waals surface area contributed by atoms with E-state index in [2.05, 4.69) is 4.72 Å². The predicted molar refractivity (Wildman–Crippen MR) is 79.8 cm³/mol. The van der Waals surface area contributed by atoms with Crippen LogP contribution in [0.2, 0.25) is 0 Å². The molecule has 0 saturated heterocycles. The molecular formula is C15H14NO6S-. The highest BCUT2D eigenvalue weighted by Gasteiger charge is 2.20. The van der Waals surface area contributed by atoms with Gasteiger partial charge in [0.25, 0.3) is 0 Å². The summed E-state index contributed by atoms with van der Waals surface area (Å²) in [6.45, 7) is -0.0163. The molecule has 0 saturated carbocycles. The molecule has 1 N–H and O–H groups in total. The normalized spacial score (nSPS) is 11.7. The van der Waals surface area contributed by atoms with Gasteiger partial charge in [-0.25, -0.2) is 13.1 Å². The maximum absolute atomic E-state index is 12.4. The van der Waals surface area contributed by atoms with E-state index in [9.17, 15) is 18.3 Å². The fraction of sp³-hybridized carbons (Fsp3) is 0.133. The number of rotatable bonds is 7. The van der Waals surface area contributed by atoms with Gasteiger partial charge in [-0.05, 0) is 35.9 Å². The summed E-state index contributed by atoms with van der Waals surface area (Å²) in [5.74, 6) is -0.774. The standard InChI is InChI=1S/C15H15NO6S/c1-21-13-6-4-11(5-7-15(17)18)9-14(13)23(19,20)16-10-12-3-2-8-22-12/h2-9,16H,10H2,1H3,(H,17,18)/p-1/b7-5+. The average Bonchev–Trinajstić information content (AvgIpc) is 3.04. The topological polar surface area (TPSA) is 109 Å². The van der Waals surface area contributed by atoms with Crippen LogP contribution >= 0.6 is 0 Å². The Kier molecular flexibility index (Phi) is 5.20. The van der Waals surface area contributed by atoms with Crippen LogP contribution in [0.1, 0.15) is 11.3 Å². The van der Waals surface area contributed by atoms with Gasteiger partial charge in [-0.3, -0.25) is 0 Å². The molecule has 2 rings (SSSR count). The molecule has 1 aromatic heterocycles. The van der Waals surface area contributed by atoms with Gasteiger partial charge in [0.15, 0.2) is 0 Å². The Labute approximate surface area is 133 Å². The molecule has 0 amide bonds. The molecule has 1 heterocycles. The lowest BCUT2D eigenvalue weighted by molar-refractivity contribution is -0.297. The van der Waals surface area contributed by atoms with E-state index in [-0.39, 0.29) is 17.2 Å². The van der Waals surface area contributed by atoms with E-state index in [1.807, 2.05) is 0 Å². The summed E-state index contributed by atoms with van der Waals surface area (Å²) in [5.41, 5.74) is 0.383. The lowest BCUT2D eigenvalue weighted by Gasteiger charge is -2.11. The van der Waals surface area contributed by atoms with Crippen LogP contribution in [0.4, 0.5) is 0 Å². The minimum atomic E-state index is -3.87. The van der Waals surface area contributed by atoms with Gasteiger partial charge < -0.3 is 19.1 Å². The van der Waals surface area contributed by atoms with Crippen molar-refractivity contribution in [1.82, 2.24) is 4.72 Å². The second-order valence-electron chi connectivity index (χ2n) is 4.47. The van der Waals surface area contributed by atoms with E-state index in [4.69, 9.17) is 9.15 Å². The maximum Gasteiger partial charge on any atom is 0.244 e. The first kappa shape index (κ1) is 16.8. The predicted octanol–water partition coefficient (Wildman–Crippen LogP) is 0.530. The number of carbonyl (C=O) groups excluding carboxylic acids is 1. The third-order valence-corrected chi connectivity index (χ3v) is 4.33. The van der Waals surface area contributed by atoms with Crippen LogP contribution in [0, 0.1) is 0 Å². The summed E-state index contributed by atoms with van der Waals surface area (Å²) in [7, 11) is -2.53. The number of methoxy groups -OCH3 is 1. The average molecular weight is 336 g/mol. The highest BCUT2D eigenvalue weighted by atomic mass is 32.2. The van der Waals surface area contributed by atoms with Crippen molar-refractivity contribution in [2.24, 2.45) is 0 Å². The van der Waals surface area contributed by atoms with E-state index in [0.717, 1.165) is 6.08 Å². The molecule has 7 nitrogen and oxygen atoms in total. The lowest BCUT2D eigenvalue weighted by atomic mass is 10.2. The van der Waals surface area contributed by atoms with Crippen molar-refractivity contribution in [3.8, 4) is 5.75 Å². The van der Waals surface area contributed by atoms with Gasteiger partial charge in [0.1, 0.15) is 16.4 Å². The Hall–Kier alpha value is -2.58. The van der Waals surface area contributed by atoms with Crippen LogP contribution in [-0.4, -0.2) is 21.5 Å². The van der Waals surface area contributed by atoms with E-state index in [1.54, 1.807) is 12.1 Å². The van der Waals surface area contributed by atoms with Crippen LogP contribution < -0.4 is 14.6 Å². The molecule has 0 aliphatic rings. The zero-order chi connectivity index (χ0) is 16.9. The smallest absolute Gasteiger partial charge is 0.244 e. The number of hydrogen-bond donors (Lipinski definition) is 1. The Balaban J connectivity index is 2.30. The monoisotopic (exact) mass is 336 g/mol. The van der Waals surface area contributed by atoms with Crippen LogP contribution in [0.5, 0.6) is 5.75 Å². The summed E-state index contributed by atoms with van der Waals surface area (Å²) in [4.78, 5) is 10.3. The largest absolute Gasteiger partial charge is 0.545 e. The van der Waals surface area contributed by atoms with Crippen LogP contribution in [0.25, 0.3) is 6.08 Å². The zero-order valence-electron chi connectivity index (χ0n) is 12.2. The summed E-state index contributed by atoms with van der Waals surface area (Å²) in [5, 5.41) is 10.4. The number of nitrogens with one attached hydrogen (secondary N) is 1. The molecule has 1 aromatic carbocycles. The second kappa shape index (κ2) is 7.12. The molecule has 8 heteroatoms. The first-order chi connectivity index (χ1) is 10.9. The fourth-order valence-corrected chi connectivity index (χ4v) is 3.02. The van der Waals surface area contributed by atoms with Crippen LogP contribution in [0.3, 0.4) is 0 Å². The Bertz CT molecular complexity index is 808. The molecule has 0 unspecified atom stereocenters. The minimum Gasteiger partial charge on any atom is -0.545 e. The van der Waals surface area contributed by atoms with E-state index >= 15 is 0 Å². The number of benzene rings is 1. The van der Waals surface area contributed by atoms with Gasteiger partial charge in [-0.2, -0.15) is 0 Å². The SMILES string of the molecule is COc1ccc(/C=C/C(=O)[O-])cc1S(=O)(=O)NCc1ccco1. The number of carboxylic acid groups (broad SMARTS) is 1. The summed E-state index contributed by atoms with van der Waals surface area (Å²) < 4.78 is 37.3. The van der Waals surface area contributed by atoms with Gasteiger partial charge in [-0.15, -0.1) is 0 Å². The molecule has 23 heavy (non-hydrogen) atoms. The van der Waals surface area contributed by atoms with Gasteiger partial charge in [0.05, 0.1) is 25.9 Å². The van der Waals surface area contributed by atoms with Crippen LogP contribution in [0.15, 0.2) is 52.0 Å². The molecule has 0 bridgehead atoms. The van der Waals surface area contributed by atoms with Crippen molar-refractivity contribution in [3.63, 3.8) is 0 Å². The maximum atomic E-state index is 12.4. The van der Waals surface area contributed by atoms with Crippen molar-refractivity contribution in [2.75, 3.05) is 7.11 Å². The van der Waals surface area contributed by atoms with Gasteiger partial charge in [0.2, 0.25) is 10.0 Å². The van der Waals surface area contributed by atoms with Crippen molar-refractivity contribution in [3.05, 3.63) is 54.0 Å². The number of carbonyl (C=O) groups is 1. The quantitative estimate of drug-likeness (QED) is 0.739. The zero-order valence-corrected chi connectivity index (χ0v) is 13.0. The van der Waals surface area contributed by atoms with Crippen molar-refractivity contribution in [2.45, 2.75) is 11.4 Å². The molecule has 0 aliphatic heterocycles. The number of carboxylic acids is 1. The molecule has 0 radical (unpaired) electrons. The lowest BCUT2D eigenvalue weighted by Crippen LogP contribution is -2.23. The highest BCUT2D eigenvalue weighted by molar-refractivity contribution is 7.89. The molecule has 122 valence electrons. The Morgan fingerprint density at radius 3 is 2.78 bits per heavy atom. The van der Waals surface area contributed by atoms with Crippen molar-refractivity contribution in [1.29, 1.82) is 0 Å². The van der Waals surface area contributed by atoms with Crippen molar-refractivity contribution < 1.29 is 27.5 Å². The van der Waals surface area contributed by atoms with Crippen LogP contribution in [-0.2, 0) is 21.4 Å². The molecule has 0 atom stereocenters. The summed E-state index contributed by atoms with van der Waals surface area (Å²) >= 11 is 0. The number of sulfonamides is 1. The highest BCUT2D eigenvalue weighted by Crippen LogP contribution is 2.25. The molecule has 0 fully saturated rings. The summed E-state index contributed by atoms with van der Waals surface area (Å²) in [6.07, 6.45) is 3.49. The van der Waals surface area contributed by atoms with Crippen molar-refractivity contribution >= 4 is 22.1 Å². The fourth-order valence-electron chi connectivity index (χ4n) is 1.83. The Morgan fingerprint density at radius 2 is 2.17 bits per heavy atom. The Morgan fingerprint density at radius 1 is 1.39 bits per heavy atom. The molecule has 0 spiro atoms. The second-order valence-corrected chi connectivity index (χ2v) is 6.20. The molecule has 2 aromatic rings. The first-order valence-corrected chi connectivity index (χ1v) is 8.00. The van der Waals surface area contributed by atoms with E-state index < -0.39 is 16.0 Å². The number of aliphatic carboxylic acids is 1. The number of hydrogen-bond acceptors (Lipinski definition) is 6. The third-order valence-electron chi connectivity index (χ3n) is 2.91. The van der Waals surface area contributed by atoms with Gasteiger partial charge in [-0.1, -0.05) is 12.1 Å². The van der Waals surface area contributed by atoms with Gasteiger partial charge in [0, 0.05) is 0 Å². The molecule has 0 aliphatic carbocycles. The first-order valence-electron chi connectivity index (χ1n) is 6.51. The third kappa shape index (κ3) is 4.44. The van der Waals surface area contributed by atoms with E-state index in [1.165, 1.54) is 37.6 Å². The van der Waals surface area contributed by atoms with E-state index in [0.29, 0.717) is 11.3 Å². The number of ether oxygens (including phenoxy) is 1. The minimum absolute atomic E-state index is 0.0163.